The third-order valence-electron chi connectivity index (χ3n) is 4.15. The Hall–Kier alpha value is -2.17. The second-order valence-corrected chi connectivity index (χ2v) is 6.29. The molecule has 3 rings (SSSR count). The number of rotatable bonds is 5. The van der Waals surface area contributed by atoms with Crippen molar-refractivity contribution in [1.82, 2.24) is 15.5 Å². The molecule has 4 nitrogen and oxygen atoms in total. The van der Waals surface area contributed by atoms with Gasteiger partial charge in [-0.15, -0.1) is 0 Å². The molecule has 0 aliphatic carbocycles. The summed E-state index contributed by atoms with van der Waals surface area (Å²) in [5, 5.41) is 6.48. The summed E-state index contributed by atoms with van der Waals surface area (Å²) in [5.74, 6) is -0.0181. The number of nitrogens with zero attached hydrogens (tertiary/aromatic N) is 1. The maximum Gasteiger partial charge on any atom is 0.251 e. The predicted molar refractivity (Wildman–Crippen MR) is 92.2 cm³/mol. The highest BCUT2D eigenvalue weighted by Crippen LogP contribution is 2.19. The molecule has 2 aromatic carbocycles. The molecule has 0 saturated carbocycles. The van der Waals surface area contributed by atoms with E-state index in [0.29, 0.717) is 0 Å². The highest BCUT2D eigenvalue weighted by molar-refractivity contribution is 5.94. The van der Waals surface area contributed by atoms with E-state index in [9.17, 15) is 4.79 Å². The van der Waals surface area contributed by atoms with Gasteiger partial charge < -0.3 is 15.5 Å². The number of hydrogen-bond donors (Lipinski definition) is 2. The zero-order valence-corrected chi connectivity index (χ0v) is 13.7. The molecule has 1 amide bonds. The van der Waals surface area contributed by atoms with E-state index in [-0.39, 0.29) is 11.9 Å². The first-order valence-electron chi connectivity index (χ1n) is 7.96. The van der Waals surface area contributed by atoms with Crippen molar-refractivity contribution in [3.05, 3.63) is 70.8 Å². The minimum atomic E-state index is -0.0231. The summed E-state index contributed by atoms with van der Waals surface area (Å²) in [6, 6.07) is 16.1. The van der Waals surface area contributed by atoms with Gasteiger partial charge in [-0.2, -0.15) is 0 Å². The van der Waals surface area contributed by atoms with E-state index < -0.39 is 0 Å². The molecular formula is C19H23N3O. The van der Waals surface area contributed by atoms with Crippen molar-refractivity contribution in [3.63, 3.8) is 0 Å². The number of likely N-dealkylation sites (N-methyl/N-ethyl adjacent to an activating group) is 1. The largest absolute Gasteiger partial charge is 0.344 e. The number of fused-ring (bicyclic) bond motifs is 1. The highest BCUT2D eigenvalue weighted by atomic mass is 16.1. The summed E-state index contributed by atoms with van der Waals surface area (Å²) in [7, 11) is 4.03. The summed E-state index contributed by atoms with van der Waals surface area (Å²) < 4.78 is 0. The van der Waals surface area contributed by atoms with Gasteiger partial charge >= 0.3 is 0 Å². The molecule has 23 heavy (non-hydrogen) atoms. The molecule has 0 bridgehead atoms. The number of carbonyl (C=O) groups is 1. The number of nitrogens with one attached hydrogen (secondary N) is 2. The average molecular weight is 309 g/mol. The Labute approximate surface area is 137 Å². The van der Waals surface area contributed by atoms with Gasteiger partial charge in [-0.1, -0.05) is 36.4 Å². The van der Waals surface area contributed by atoms with Crippen LogP contribution in [-0.4, -0.2) is 31.4 Å². The lowest BCUT2D eigenvalue weighted by molar-refractivity contribution is 0.0930. The lowest BCUT2D eigenvalue weighted by Crippen LogP contribution is -2.35. The maximum atomic E-state index is 12.7. The fourth-order valence-corrected chi connectivity index (χ4v) is 2.96. The Bertz CT molecular complexity index is 682. The number of carbonyl (C=O) groups excluding carboxylic acids is 1. The molecule has 4 heteroatoms. The Balaban J connectivity index is 1.78. The zero-order chi connectivity index (χ0) is 16.2. The predicted octanol–water partition coefficient (Wildman–Crippen LogP) is 2.32. The molecule has 0 fully saturated rings. The molecule has 1 atom stereocenters. The molecule has 1 heterocycles. The SMILES string of the molecule is CN(C)CC(NC(=O)c1ccc2c(c1)CNC2)c1ccccc1. The van der Waals surface area contributed by atoms with Crippen molar-refractivity contribution >= 4 is 5.91 Å². The van der Waals surface area contributed by atoms with Crippen molar-refractivity contribution in [2.75, 3.05) is 20.6 Å². The van der Waals surface area contributed by atoms with Crippen LogP contribution in [0, 0.1) is 0 Å². The van der Waals surface area contributed by atoms with Crippen LogP contribution in [-0.2, 0) is 13.1 Å². The Morgan fingerprint density at radius 1 is 1.13 bits per heavy atom. The van der Waals surface area contributed by atoms with Crippen molar-refractivity contribution in [2.24, 2.45) is 0 Å². The van der Waals surface area contributed by atoms with Crippen molar-refractivity contribution in [3.8, 4) is 0 Å². The molecule has 0 spiro atoms. The van der Waals surface area contributed by atoms with Crippen molar-refractivity contribution in [1.29, 1.82) is 0 Å². The Morgan fingerprint density at radius 2 is 1.87 bits per heavy atom. The fourth-order valence-electron chi connectivity index (χ4n) is 2.96. The standard InChI is InChI=1S/C19H23N3O/c1-22(2)13-18(14-6-4-3-5-7-14)21-19(23)15-8-9-16-11-20-12-17(16)10-15/h3-10,18,20H,11-13H2,1-2H3,(H,21,23). The molecule has 1 aliphatic rings. The number of amides is 1. The van der Waals surface area contributed by atoms with Gasteiger partial charge in [-0.05, 0) is 42.9 Å². The van der Waals surface area contributed by atoms with Crippen LogP contribution in [0.5, 0.6) is 0 Å². The Kier molecular flexibility index (Phi) is 4.74. The quantitative estimate of drug-likeness (QED) is 0.891. The van der Waals surface area contributed by atoms with Gasteiger partial charge in [0.2, 0.25) is 0 Å². The van der Waals surface area contributed by atoms with Crippen LogP contribution in [0.15, 0.2) is 48.5 Å². The number of hydrogen-bond acceptors (Lipinski definition) is 3. The van der Waals surface area contributed by atoms with Crippen LogP contribution in [0.2, 0.25) is 0 Å². The van der Waals surface area contributed by atoms with Gasteiger partial charge in [0.15, 0.2) is 0 Å². The minimum absolute atomic E-state index is 0.0181. The van der Waals surface area contributed by atoms with Crippen LogP contribution in [0.4, 0.5) is 0 Å². The van der Waals surface area contributed by atoms with Crippen LogP contribution >= 0.6 is 0 Å². The smallest absolute Gasteiger partial charge is 0.251 e. The van der Waals surface area contributed by atoms with Crippen molar-refractivity contribution < 1.29 is 4.79 Å². The third-order valence-corrected chi connectivity index (χ3v) is 4.15. The molecule has 1 unspecified atom stereocenters. The normalized spacial score (nSPS) is 14.6. The molecule has 120 valence electrons. The van der Waals surface area contributed by atoms with E-state index in [1.54, 1.807) is 0 Å². The monoisotopic (exact) mass is 309 g/mol. The minimum Gasteiger partial charge on any atom is -0.344 e. The Morgan fingerprint density at radius 3 is 2.61 bits per heavy atom. The average Bonchev–Trinajstić information content (AvgIpc) is 3.02. The third kappa shape index (κ3) is 3.78. The van der Waals surface area contributed by atoms with Crippen LogP contribution < -0.4 is 10.6 Å². The first-order valence-corrected chi connectivity index (χ1v) is 7.96. The van der Waals surface area contributed by atoms with E-state index >= 15 is 0 Å². The van der Waals surface area contributed by atoms with E-state index in [1.165, 1.54) is 11.1 Å². The summed E-state index contributed by atoms with van der Waals surface area (Å²) in [4.78, 5) is 14.7. The lowest BCUT2D eigenvalue weighted by atomic mass is 10.0. The van der Waals surface area contributed by atoms with Gasteiger partial charge in [0.1, 0.15) is 0 Å². The maximum absolute atomic E-state index is 12.7. The van der Waals surface area contributed by atoms with Gasteiger partial charge in [-0.25, -0.2) is 0 Å². The second kappa shape index (κ2) is 6.94. The van der Waals surface area contributed by atoms with Gasteiger partial charge in [0.25, 0.3) is 5.91 Å². The molecule has 0 aromatic heterocycles. The zero-order valence-electron chi connectivity index (χ0n) is 13.7. The molecule has 1 aliphatic heterocycles. The molecular weight excluding hydrogens is 286 g/mol. The second-order valence-electron chi connectivity index (χ2n) is 6.29. The van der Waals surface area contributed by atoms with Gasteiger partial charge in [0, 0.05) is 25.2 Å². The first kappa shape index (κ1) is 15.7. The van der Waals surface area contributed by atoms with Gasteiger partial charge in [0.05, 0.1) is 6.04 Å². The fraction of sp³-hybridized carbons (Fsp3) is 0.316. The van der Waals surface area contributed by atoms with Crippen LogP contribution in [0.25, 0.3) is 0 Å². The molecule has 2 N–H and O–H groups in total. The number of benzene rings is 2. The van der Waals surface area contributed by atoms with Crippen LogP contribution in [0.3, 0.4) is 0 Å². The molecule has 0 saturated heterocycles. The summed E-state index contributed by atoms with van der Waals surface area (Å²) in [6.45, 7) is 2.50. The molecule has 0 radical (unpaired) electrons. The van der Waals surface area contributed by atoms with E-state index in [4.69, 9.17) is 0 Å². The van der Waals surface area contributed by atoms with Crippen molar-refractivity contribution in [2.45, 2.75) is 19.1 Å². The lowest BCUT2D eigenvalue weighted by Gasteiger charge is -2.23. The molecule has 2 aromatic rings. The van der Waals surface area contributed by atoms with E-state index in [1.807, 2.05) is 50.5 Å². The summed E-state index contributed by atoms with van der Waals surface area (Å²) >= 11 is 0. The topological polar surface area (TPSA) is 44.4 Å². The summed E-state index contributed by atoms with van der Waals surface area (Å²) in [5.41, 5.74) is 4.36. The van der Waals surface area contributed by atoms with Gasteiger partial charge in [-0.3, -0.25) is 4.79 Å². The first-order chi connectivity index (χ1) is 11.1. The highest BCUT2D eigenvalue weighted by Gasteiger charge is 2.18. The van der Waals surface area contributed by atoms with E-state index in [2.05, 4.69) is 27.7 Å². The van der Waals surface area contributed by atoms with Crippen LogP contribution in [0.1, 0.15) is 33.1 Å². The summed E-state index contributed by atoms with van der Waals surface area (Å²) in [6.07, 6.45) is 0. The van der Waals surface area contributed by atoms with E-state index in [0.717, 1.165) is 30.8 Å².